The summed E-state index contributed by atoms with van der Waals surface area (Å²) in [7, 11) is 2.74. The molecule has 0 saturated carbocycles. The molecule has 0 spiro atoms. The minimum absolute atomic E-state index is 0.348. The normalized spacial score (nSPS) is 18.8. The van der Waals surface area contributed by atoms with Crippen LogP contribution in [0.1, 0.15) is 57.8 Å². The van der Waals surface area contributed by atoms with Crippen LogP contribution in [0.4, 0.5) is 87.8 Å². The summed E-state index contributed by atoms with van der Waals surface area (Å²) in [6.45, 7) is -1.45. The molecular formula is C50H24F20N6. The van der Waals surface area contributed by atoms with Gasteiger partial charge in [-0.05, 0) is 38.4 Å². The first-order chi connectivity index (χ1) is 35.9. The summed E-state index contributed by atoms with van der Waals surface area (Å²) in [4.78, 5) is 16.5. The van der Waals surface area contributed by atoms with Crippen molar-refractivity contribution >= 4 is 23.2 Å². The third-order valence-corrected chi connectivity index (χ3v) is 14.2. The highest BCUT2D eigenvalue weighted by Crippen LogP contribution is 2.54. The van der Waals surface area contributed by atoms with Gasteiger partial charge in [-0.1, -0.05) is 0 Å². The molecule has 4 atom stereocenters. The van der Waals surface area contributed by atoms with Crippen molar-refractivity contribution in [3.63, 3.8) is 0 Å². The minimum Gasteiger partial charge on any atom is -0.361 e. The van der Waals surface area contributed by atoms with Gasteiger partial charge in [0.05, 0.1) is 45.0 Å². The van der Waals surface area contributed by atoms with Crippen LogP contribution < -0.4 is 0 Å². The number of H-pyrrole nitrogens is 2. The van der Waals surface area contributed by atoms with Gasteiger partial charge >= 0.3 is 0 Å². The summed E-state index contributed by atoms with van der Waals surface area (Å²) in [6, 6.07) is 1.52. The molecule has 2 fully saturated rings. The molecule has 2 aromatic heterocycles. The Balaban J connectivity index is 1.47. The molecule has 5 aliphatic heterocycles. The number of fused-ring (bicyclic) bond motifs is 14. The summed E-state index contributed by atoms with van der Waals surface area (Å²) in [5, 5.41) is 0. The van der Waals surface area contributed by atoms with Gasteiger partial charge < -0.3 is 19.8 Å². The minimum atomic E-state index is -2.69. The second-order valence-electron chi connectivity index (χ2n) is 18.5. The molecule has 0 aliphatic carbocycles. The third kappa shape index (κ3) is 6.96. The van der Waals surface area contributed by atoms with Crippen molar-refractivity contribution in [3.8, 4) is 44.5 Å². The lowest BCUT2D eigenvalue weighted by atomic mass is 9.86. The van der Waals surface area contributed by atoms with Crippen LogP contribution in [0.5, 0.6) is 0 Å². The van der Waals surface area contributed by atoms with Gasteiger partial charge in [-0.2, -0.15) is 0 Å². The molecule has 6 nitrogen and oxygen atoms in total. The summed E-state index contributed by atoms with van der Waals surface area (Å²) in [5.41, 5.74) is -18.2. The van der Waals surface area contributed by atoms with Crippen molar-refractivity contribution in [1.29, 1.82) is 0 Å². The summed E-state index contributed by atoms with van der Waals surface area (Å²) in [6.07, 6.45) is 1.42. The molecule has 0 unspecified atom stereocenters. The summed E-state index contributed by atoms with van der Waals surface area (Å²) in [5.74, 6) is -57.6. The van der Waals surface area contributed by atoms with Gasteiger partial charge in [-0.25, -0.2) is 92.8 Å². The van der Waals surface area contributed by atoms with Crippen LogP contribution in [-0.4, -0.2) is 70.0 Å². The quantitative estimate of drug-likeness (QED) is 0.105. The van der Waals surface area contributed by atoms with E-state index in [-0.39, 0.29) is 26.2 Å². The zero-order valence-corrected chi connectivity index (χ0v) is 37.8. The second kappa shape index (κ2) is 17.5. The van der Waals surface area contributed by atoms with E-state index in [2.05, 4.69) is 19.9 Å². The van der Waals surface area contributed by atoms with E-state index in [9.17, 15) is 17.6 Å². The highest BCUT2D eigenvalue weighted by molar-refractivity contribution is 5.93. The van der Waals surface area contributed by atoms with Crippen LogP contribution >= 0.6 is 0 Å². The molecule has 11 rings (SSSR count). The van der Waals surface area contributed by atoms with Gasteiger partial charge in [0.1, 0.15) is 0 Å². The SMILES string of the molecule is CN1C[C@@H]2c3nc(c(-c4c(F)c(F)c(F)c(F)c4F)c4ccc([nH]4)c(-c4c(F)c(F)c(F)c(F)c4F)c4[nH]c(c(-c5c(F)c(F)c(F)c(F)c5F)c5nc(c3-c3c(F)c(F)c(F)c(F)c3F)C=C5)[C@H]3CN(C)C[C@@H]43)[C@@H]2C1. The van der Waals surface area contributed by atoms with Crippen LogP contribution in [0.15, 0.2) is 12.1 Å². The van der Waals surface area contributed by atoms with E-state index >= 15 is 70.2 Å². The molecule has 4 aromatic carbocycles. The molecule has 8 bridgehead atoms. The average molecular weight is 1090 g/mol. The zero-order valence-electron chi connectivity index (χ0n) is 37.8. The number of aromatic amines is 2. The molecule has 76 heavy (non-hydrogen) atoms. The number of hydrogen-bond donors (Lipinski definition) is 2. The Morgan fingerprint density at radius 1 is 0.316 bits per heavy atom. The van der Waals surface area contributed by atoms with Crippen LogP contribution in [0.3, 0.4) is 0 Å². The first-order valence-electron chi connectivity index (χ1n) is 22.1. The first kappa shape index (κ1) is 50.7. The van der Waals surface area contributed by atoms with Crippen molar-refractivity contribution in [3.05, 3.63) is 163 Å². The number of nitrogens with one attached hydrogen (secondary N) is 2. The number of likely N-dealkylation sites (tertiary alicyclic amines) is 2. The van der Waals surface area contributed by atoms with E-state index in [4.69, 9.17) is 0 Å². The van der Waals surface area contributed by atoms with Crippen molar-refractivity contribution in [2.24, 2.45) is 0 Å². The molecule has 0 radical (unpaired) electrons. The predicted octanol–water partition coefficient (Wildman–Crippen LogP) is 13.3. The van der Waals surface area contributed by atoms with Gasteiger partial charge in [-0.3, -0.25) is 4.98 Å². The number of likely N-dealkylation sites (N-methyl/N-ethyl adjacent to an activating group) is 2. The van der Waals surface area contributed by atoms with Crippen LogP contribution in [0.2, 0.25) is 0 Å². The van der Waals surface area contributed by atoms with Gasteiger partial charge in [0, 0.05) is 94.5 Å². The Labute approximate surface area is 411 Å². The van der Waals surface area contributed by atoms with E-state index in [1.807, 2.05) is 0 Å². The molecule has 26 heteroatoms. The Kier molecular flexibility index (Phi) is 11.7. The third-order valence-electron chi connectivity index (χ3n) is 14.2. The maximum Gasteiger partial charge on any atom is 0.200 e. The van der Waals surface area contributed by atoms with Gasteiger partial charge in [-0.15, -0.1) is 0 Å². The lowest BCUT2D eigenvalue weighted by Gasteiger charge is -2.17. The highest BCUT2D eigenvalue weighted by atomic mass is 19.2. The predicted molar refractivity (Wildman–Crippen MR) is 228 cm³/mol. The lowest BCUT2D eigenvalue weighted by Crippen LogP contribution is -2.16. The van der Waals surface area contributed by atoms with E-state index in [1.54, 1.807) is 0 Å². The molecule has 6 aromatic rings. The molecule has 7 heterocycles. The van der Waals surface area contributed by atoms with E-state index in [0.717, 1.165) is 12.1 Å². The number of rotatable bonds is 4. The van der Waals surface area contributed by atoms with E-state index in [0.29, 0.717) is 12.2 Å². The number of aromatic nitrogens is 4. The van der Waals surface area contributed by atoms with E-state index in [1.165, 1.54) is 23.9 Å². The number of hydrogen-bond acceptors (Lipinski definition) is 4. The molecule has 5 aliphatic rings. The monoisotopic (exact) mass is 1090 g/mol. The van der Waals surface area contributed by atoms with Crippen LogP contribution in [0.25, 0.3) is 67.7 Å². The molecule has 0 amide bonds. The van der Waals surface area contributed by atoms with Crippen molar-refractivity contribution in [2.75, 3.05) is 40.3 Å². The van der Waals surface area contributed by atoms with E-state index < -0.39 is 230 Å². The Hall–Kier alpha value is -7.48. The Morgan fingerprint density at radius 3 is 0.987 bits per heavy atom. The Morgan fingerprint density at radius 2 is 0.592 bits per heavy atom. The number of halogens is 20. The fourth-order valence-electron chi connectivity index (χ4n) is 11.0. The fourth-order valence-corrected chi connectivity index (χ4v) is 11.0. The zero-order chi connectivity index (χ0) is 54.7. The Bertz CT molecular complexity index is 3530. The second-order valence-corrected chi connectivity index (χ2v) is 18.5. The standard InChI is InChI=1S/C50H24F20N6/c1-75-7-11-12(8-75)48-20(24-29(53)37(61)44(68)38(62)30(24)54)16-4-6-18(72-16)22(26-33(57)41(65)46(70)42(66)34(26)58)50-14-10-76(2)9-13(14)49(74-50)21(25-31(55)39(63)45(69)40(64)32(25)56)17-5-3-15(71-17)19(47(11)73-48)23-27(51)35(59)43(67)36(60)28(23)52/h3-6,11-14,71,73H,7-10H2,1-2H3/t11-,12+,13-,14+/m1/s1. The number of nitrogens with zero attached hydrogens (tertiary/aromatic N) is 4. The van der Waals surface area contributed by atoms with Crippen molar-refractivity contribution < 1.29 is 87.8 Å². The molecule has 394 valence electrons. The fraction of sp³-hybridized carbons (Fsp3) is 0.200. The van der Waals surface area contributed by atoms with Gasteiger partial charge in [0.25, 0.3) is 0 Å². The molecular weight excluding hydrogens is 1060 g/mol. The number of benzene rings is 4. The molecule has 2 N–H and O–H groups in total. The largest absolute Gasteiger partial charge is 0.361 e. The van der Waals surface area contributed by atoms with Crippen LogP contribution in [-0.2, 0) is 0 Å². The molecule has 2 saturated heterocycles. The summed E-state index contributed by atoms with van der Waals surface area (Å²) >= 11 is 0. The first-order valence-corrected chi connectivity index (χ1v) is 22.1. The summed E-state index contributed by atoms with van der Waals surface area (Å²) < 4.78 is 313. The smallest absolute Gasteiger partial charge is 0.200 e. The van der Waals surface area contributed by atoms with Gasteiger partial charge in [0.2, 0.25) is 23.3 Å². The highest BCUT2D eigenvalue weighted by Gasteiger charge is 2.47. The lowest BCUT2D eigenvalue weighted by molar-refractivity contribution is 0.381. The van der Waals surface area contributed by atoms with Crippen molar-refractivity contribution in [1.82, 2.24) is 29.7 Å². The maximum absolute atomic E-state index is 16.4. The van der Waals surface area contributed by atoms with Crippen molar-refractivity contribution in [2.45, 2.75) is 23.7 Å². The average Bonchev–Trinajstić information content (AvgIpc) is 4.34. The van der Waals surface area contributed by atoms with Gasteiger partial charge in [0.15, 0.2) is 93.1 Å². The van der Waals surface area contributed by atoms with Crippen LogP contribution in [0, 0.1) is 116 Å². The maximum atomic E-state index is 16.4. The topological polar surface area (TPSA) is 63.8 Å².